The predicted molar refractivity (Wildman–Crippen MR) is 106 cm³/mol. The van der Waals surface area contributed by atoms with E-state index in [1.165, 1.54) is 5.69 Å². The summed E-state index contributed by atoms with van der Waals surface area (Å²) in [5.41, 5.74) is 4.82. The summed E-state index contributed by atoms with van der Waals surface area (Å²) >= 11 is 6.43. The standard InChI is InChI=1S/C19H21ClN6/c1-13-12-26(7-6-22-13)19-2-3-21-11-18(19)25-10-14-8-16-17(9-15(14)20)24-5-4-23-16/h2-5,8-9,11,13,22,25H,6-7,10,12H2,1H3/t13-/m0/s1. The van der Waals surface area contributed by atoms with Crippen molar-refractivity contribution in [1.82, 2.24) is 20.3 Å². The molecule has 3 heterocycles. The van der Waals surface area contributed by atoms with Gasteiger partial charge in [0.05, 0.1) is 28.6 Å². The highest BCUT2D eigenvalue weighted by Gasteiger charge is 2.18. The van der Waals surface area contributed by atoms with Crippen molar-refractivity contribution in [2.75, 3.05) is 29.9 Å². The number of piperazine rings is 1. The summed E-state index contributed by atoms with van der Waals surface area (Å²) in [6, 6.07) is 6.38. The lowest BCUT2D eigenvalue weighted by Crippen LogP contribution is -2.49. The Morgan fingerprint density at radius 3 is 2.85 bits per heavy atom. The molecule has 0 saturated carbocycles. The van der Waals surface area contributed by atoms with Crippen LogP contribution in [0.25, 0.3) is 11.0 Å². The number of fused-ring (bicyclic) bond motifs is 1. The Kier molecular flexibility index (Phi) is 4.86. The second-order valence-corrected chi connectivity index (χ2v) is 6.94. The Morgan fingerprint density at radius 2 is 2.04 bits per heavy atom. The van der Waals surface area contributed by atoms with Crippen LogP contribution >= 0.6 is 11.6 Å². The third-order valence-electron chi connectivity index (χ3n) is 4.61. The number of rotatable bonds is 4. The van der Waals surface area contributed by atoms with Crippen LogP contribution in [0.1, 0.15) is 12.5 Å². The lowest BCUT2D eigenvalue weighted by molar-refractivity contribution is 0.485. The first-order valence-corrected chi connectivity index (χ1v) is 9.14. The van der Waals surface area contributed by atoms with Gasteiger partial charge in [-0.05, 0) is 30.7 Å². The van der Waals surface area contributed by atoms with Crippen LogP contribution in [0.2, 0.25) is 5.02 Å². The molecular formula is C19H21ClN6. The number of anilines is 2. The lowest BCUT2D eigenvalue weighted by atomic mass is 10.1. The average molecular weight is 369 g/mol. The van der Waals surface area contributed by atoms with Gasteiger partial charge in [-0.3, -0.25) is 15.0 Å². The van der Waals surface area contributed by atoms with Crippen LogP contribution in [0.15, 0.2) is 43.0 Å². The Hall–Kier alpha value is -2.44. The zero-order valence-corrected chi connectivity index (χ0v) is 15.4. The van der Waals surface area contributed by atoms with Crippen molar-refractivity contribution >= 4 is 34.0 Å². The molecule has 1 aromatic carbocycles. The molecule has 1 atom stereocenters. The molecule has 0 aliphatic carbocycles. The summed E-state index contributed by atoms with van der Waals surface area (Å²) in [5.74, 6) is 0. The molecule has 0 radical (unpaired) electrons. The normalized spacial score (nSPS) is 17.5. The number of hydrogen-bond acceptors (Lipinski definition) is 6. The van der Waals surface area contributed by atoms with Gasteiger partial charge in [0.2, 0.25) is 0 Å². The van der Waals surface area contributed by atoms with Gasteiger partial charge in [0.15, 0.2) is 0 Å². The summed E-state index contributed by atoms with van der Waals surface area (Å²) in [5, 5.41) is 7.65. The van der Waals surface area contributed by atoms with E-state index in [4.69, 9.17) is 11.6 Å². The third-order valence-corrected chi connectivity index (χ3v) is 4.97. The maximum absolute atomic E-state index is 6.43. The van der Waals surface area contributed by atoms with Crippen molar-refractivity contribution in [2.24, 2.45) is 0 Å². The molecule has 3 aromatic rings. The van der Waals surface area contributed by atoms with Crippen LogP contribution in [0.4, 0.5) is 11.4 Å². The number of aromatic nitrogens is 3. The zero-order valence-electron chi connectivity index (χ0n) is 14.6. The minimum atomic E-state index is 0.471. The van der Waals surface area contributed by atoms with Gasteiger partial charge < -0.3 is 15.5 Å². The van der Waals surface area contributed by atoms with Gasteiger partial charge in [0.25, 0.3) is 0 Å². The summed E-state index contributed by atoms with van der Waals surface area (Å²) in [4.78, 5) is 15.3. The Labute approximate surface area is 157 Å². The molecule has 1 fully saturated rings. The molecule has 2 aromatic heterocycles. The number of nitrogens with zero attached hydrogens (tertiary/aromatic N) is 4. The molecule has 1 aliphatic heterocycles. The minimum Gasteiger partial charge on any atom is -0.378 e. The summed E-state index contributed by atoms with van der Waals surface area (Å²) < 4.78 is 0. The van der Waals surface area contributed by atoms with Crippen LogP contribution in [0, 0.1) is 0 Å². The molecular weight excluding hydrogens is 348 g/mol. The van der Waals surface area contributed by atoms with Crippen molar-refractivity contribution in [3.63, 3.8) is 0 Å². The fourth-order valence-electron chi connectivity index (χ4n) is 3.30. The van der Waals surface area contributed by atoms with Gasteiger partial charge in [-0.2, -0.15) is 0 Å². The van der Waals surface area contributed by atoms with E-state index in [0.29, 0.717) is 17.6 Å². The predicted octanol–water partition coefficient (Wildman–Crippen LogP) is 3.09. The first-order valence-electron chi connectivity index (χ1n) is 8.76. The molecule has 2 N–H and O–H groups in total. The third kappa shape index (κ3) is 3.57. The topological polar surface area (TPSA) is 66.0 Å². The van der Waals surface area contributed by atoms with Crippen molar-refractivity contribution in [3.8, 4) is 0 Å². The van der Waals surface area contributed by atoms with Crippen LogP contribution in [0.3, 0.4) is 0 Å². The number of nitrogens with one attached hydrogen (secondary N) is 2. The molecule has 0 unspecified atom stereocenters. The molecule has 1 aliphatic rings. The van der Waals surface area contributed by atoms with Gasteiger partial charge in [-0.25, -0.2) is 0 Å². The summed E-state index contributed by atoms with van der Waals surface area (Å²) in [6.45, 7) is 5.75. The largest absolute Gasteiger partial charge is 0.378 e. The van der Waals surface area contributed by atoms with E-state index in [0.717, 1.165) is 41.9 Å². The van der Waals surface area contributed by atoms with E-state index >= 15 is 0 Å². The van der Waals surface area contributed by atoms with E-state index in [-0.39, 0.29) is 0 Å². The van der Waals surface area contributed by atoms with Crippen molar-refractivity contribution < 1.29 is 0 Å². The molecule has 0 spiro atoms. The highest BCUT2D eigenvalue weighted by atomic mass is 35.5. The van der Waals surface area contributed by atoms with Gasteiger partial charge in [-0.1, -0.05) is 11.6 Å². The van der Waals surface area contributed by atoms with Gasteiger partial charge >= 0.3 is 0 Å². The van der Waals surface area contributed by atoms with Gasteiger partial charge in [-0.15, -0.1) is 0 Å². The monoisotopic (exact) mass is 368 g/mol. The Bertz CT molecular complexity index is 915. The van der Waals surface area contributed by atoms with E-state index in [2.05, 4.69) is 43.5 Å². The molecule has 0 bridgehead atoms. The van der Waals surface area contributed by atoms with Crippen molar-refractivity contribution in [3.05, 3.63) is 53.6 Å². The zero-order chi connectivity index (χ0) is 17.9. The first-order chi connectivity index (χ1) is 12.7. The first kappa shape index (κ1) is 17.0. The van der Waals surface area contributed by atoms with Crippen molar-refractivity contribution in [2.45, 2.75) is 19.5 Å². The highest BCUT2D eigenvalue weighted by Crippen LogP contribution is 2.28. The smallest absolute Gasteiger partial charge is 0.0901 e. The second-order valence-electron chi connectivity index (χ2n) is 6.54. The lowest BCUT2D eigenvalue weighted by Gasteiger charge is -2.34. The van der Waals surface area contributed by atoms with Crippen molar-refractivity contribution in [1.29, 1.82) is 0 Å². The van der Waals surface area contributed by atoms with E-state index in [1.54, 1.807) is 12.4 Å². The molecule has 1 saturated heterocycles. The molecule has 0 amide bonds. The Balaban J connectivity index is 1.56. The fourth-order valence-corrected chi connectivity index (χ4v) is 3.53. The molecule has 134 valence electrons. The SMILES string of the molecule is C[C@H]1CN(c2ccncc2NCc2cc3nccnc3cc2Cl)CCN1. The van der Waals surface area contributed by atoms with Crippen LogP contribution < -0.4 is 15.5 Å². The van der Waals surface area contributed by atoms with E-state index < -0.39 is 0 Å². The van der Waals surface area contributed by atoms with E-state index in [9.17, 15) is 0 Å². The van der Waals surface area contributed by atoms with Crippen LogP contribution in [-0.2, 0) is 6.54 Å². The molecule has 4 rings (SSSR count). The Morgan fingerprint density at radius 1 is 1.23 bits per heavy atom. The van der Waals surface area contributed by atoms with Crippen LogP contribution in [0.5, 0.6) is 0 Å². The quantitative estimate of drug-likeness (QED) is 0.737. The number of halogens is 1. The second kappa shape index (κ2) is 7.43. The van der Waals surface area contributed by atoms with E-state index in [1.807, 2.05) is 24.5 Å². The maximum atomic E-state index is 6.43. The van der Waals surface area contributed by atoms with Gasteiger partial charge in [0, 0.05) is 55.8 Å². The summed E-state index contributed by atoms with van der Waals surface area (Å²) in [6.07, 6.45) is 7.08. The van der Waals surface area contributed by atoms with Crippen LogP contribution in [-0.4, -0.2) is 40.6 Å². The summed E-state index contributed by atoms with van der Waals surface area (Å²) in [7, 11) is 0. The maximum Gasteiger partial charge on any atom is 0.0901 e. The highest BCUT2D eigenvalue weighted by molar-refractivity contribution is 6.32. The molecule has 7 heteroatoms. The number of pyridine rings is 1. The minimum absolute atomic E-state index is 0.471. The molecule has 6 nitrogen and oxygen atoms in total. The molecule has 26 heavy (non-hydrogen) atoms. The number of benzene rings is 1. The van der Waals surface area contributed by atoms with Gasteiger partial charge in [0.1, 0.15) is 0 Å². The number of hydrogen-bond donors (Lipinski definition) is 2. The average Bonchev–Trinajstić information content (AvgIpc) is 2.66. The fraction of sp³-hybridized carbons (Fsp3) is 0.316.